The second kappa shape index (κ2) is 8.25. The van der Waals surface area contributed by atoms with E-state index in [9.17, 15) is 4.79 Å². The van der Waals surface area contributed by atoms with Gasteiger partial charge in [-0.15, -0.1) is 0 Å². The van der Waals surface area contributed by atoms with Crippen molar-refractivity contribution in [3.8, 4) is 5.75 Å². The Bertz CT molecular complexity index is 995. The number of ether oxygens (including phenoxy) is 1. The molecule has 1 unspecified atom stereocenters. The molecule has 2 aromatic rings. The van der Waals surface area contributed by atoms with Crippen molar-refractivity contribution in [2.45, 2.75) is 51.6 Å². The van der Waals surface area contributed by atoms with Crippen LogP contribution in [0.2, 0.25) is 0 Å². The van der Waals surface area contributed by atoms with Crippen LogP contribution in [0.5, 0.6) is 5.75 Å². The summed E-state index contributed by atoms with van der Waals surface area (Å²) in [5, 5.41) is 7.28. The molecule has 1 saturated heterocycles. The van der Waals surface area contributed by atoms with Gasteiger partial charge in [-0.1, -0.05) is 30.3 Å². The van der Waals surface area contributed by atoms with Gasteiger partial charge < -0.3 is 20.3 Å². The van der Waals surface area contributed by atoms with E-state index in [0.29, 0.717) is 6.54 Å². The molecule has 0 aliphatic carbocycles. The molecule has 0 aromatic heterocycles. The van der Waals surface area contributed by atoms with Gasteiger partial charge >= 0.3 is 0 Å². The fourth-order valence-electron chi connectivity index (χ4n) is 4.25. The van der Waals surface area contributed by atoms with Gasteiger partial charge in [0.05, 0.1) is 23.5 Å². The fraction of sp³-hybridized carbons (Fsp3) is 0.440. The maximum absolute atomic E-state index is 13.1. The molecule has 4 rings (SSSR count). The number of benzene rings is 2. The minimum atomic E-state index is -0.432. The molecule has 6 nitrogen and oxygen atoms in total. The summed E-state index contributed by atoms with van der Waals surface area (Å²) in [6.45, 7) is 9.59. The summed E-state index contributed by atoms with van der Waals surface area (Å²) in [5.41, 5.74) is 2.42. The first-order valence-electron chi connectivity index (χ1n) is 11.0. The zero-order valence-electron chi connectivity index (χ0n) is 18.9. The Labute approximate surface area is 184 Å². The minimum Gasteiger partial charge on any atom is -0.484 e. The Morgan fingerprint density at radius 3 is 2.58 bits per heavy atom. The van der Waals surface area contributed by atoms with Crippen LogP contribution in [0.1, 0.15) is 39.2 Å². The Hall–Kier alpha value is -3.02. The Kier molecular flexibility index (Phi) is 5.65. The summed E-state index contributed by atoms with van der Waals surface area (Å²) in [4.78, 5) is 20.0. The molecule has 2 aromatic carbocycles. The predicted molar refractivity (Wildman–Crippen MR) is 126 cm³/mol. The number of nitrogens with zero attached hydrogens (tertiary/aromatic N) is 2. The first-order valence-corrected chi connectivity index (χ1v) is 11.0. The summed E-state index contributed by atoms with van der Waals surface area (Å²) in [5.74, 6) is 1.65. The van der Waals surface area contributed by atoms with Gasteiger partial charge in [0.15, 0.2) is 6.61 Å². The van der Waals surface area contributed by atoms with Crippen molar-refractivity contribution >= 4 is 23.1 Å². The summed E-state index contributed by atoms with van der Waals surface area (Å²) >= 11 is 0. The van der Waals surface area contributed by atoms with Crippen LogP contribution in [0.25, 0.3) is 0 Å². The topological polar surface area (TPSA) is 66.0 Å². The summed E-state index contributed by atoms with van der Waals surface area (Å²) in [6, 6.07) is 15.9. The van der Waals surface area contributed by atoms with E-state index in [-0.39, 0.29) is 18.1 Å². The molecule has 2 N–H and O–H groups in total. The van der Waals surface area contributed by atoms with E-state index in [1.807, 2.05) is 48.2 Å². The lowest BCUT2D eigenvalue weighted by atomic mass is 9.84. The zero-order valence-corrected chi connectivity index (χ0v) is 18.9. The maximum Gasteiger partial charge on any atom is 0.260 e. The zero-order chi connectivity index (χ0) is 22.1. The molecule has 0 saturated carbocycles. The number of anilines is 2. The molecule has 1 amide bonds. The molecule has 1 fully saturated rings. The number of amidine groups is 1. The number of hydrogen-bond donors (Lipinski definition) is 2. The van der Waals surface area contributed by atoms with Crippen molar-refractivity contribution in [1.82, 2.24) is 4.90 Å². The van der Waals surface area contributed by atoms with Crippen molar-refractivity contribution in [2.75, 3.05) is 30.3 Å². The normalized spacial score (nSPS) is 21.9. The van der Waals surface area contributed by atoms with E-state index in [4.69, 9.17) is 9.73 Å². The van der Waals surface area contributed by atoms with Crippen LogP contribution < -0.4 is 15.4 Å². The number of piperidine rings is 1. The Morgan fingerprint density at radius 1 is 1.13 bits per heavy atom. The van der Waals surface area contributed by atoms with Gasteiger partial charge in [-0.2, -0.15) is 0 Å². The highest BCUT2D eigenvalue weighted by Gasteiger charge is 2.45. The van der Waals surface area contributed by atoms with Crippen molar-refractivity contribution in [3.05, 3.63) is 54.1 Å². The molecular weight excluding hydrogens is 388 g/mol. The smallest absolute Gasteiger partial charge is 0.260 e. The largest absolute Gasteiger partial charge is 0.484 e. The third-order valence-electron chi connectivity index (χ3n) is 5.74. The maximum atomic E-state index is 13.1. The van der Waals surface area contributed by atoms with Gasteiger partial charge in [0.25, 0.3) is 5.91 Å². The predicted octanol–water partition coefficient (Wildman–Crippen LogP) is 4.47. The molecular formula is C25H32N4O2. The van der Waals surface area contributed by atoms with Gasteiger partial charge in [-0.25, -0.2) is 0 Å². The number of rotatable bonds is 3. The van der Waals surface area contributed by atoms with Gasteiger partial charge in [0.1, 0.15) is 17.1 Å². The lowest BCUT2D eigenvalue weighted by Gasteiger charge is -2.47. The van der Waals surface area contributed by atoms with Gasteiger partial charge in [-0.05, 0) is 64.3 Å². The number of carbonyl (C=O) groups excluding carboxylic acids is 1. The van der Waals surface area contributed by atoms with Crippen LogP contribution in [-0.2, 0) is 4.79 Å². The number of carbonyl (C=O) groups is 1. The number of aliphatic imine (C=N–C) groups is 1. The van der Waals surface area contributed by atoms with E-state index >= 15 is 0 Å². The van der Waals surface area contributed by atoms with E-state index in [2.05, 4.69) is 43.5 Å². The average Bonchev–Trinajstić information content (AvgIpc) is 2.73. The first-order chi connectivity index (χ1) is 14.8. The Morgan fingerprint density at radius 2 is 1.84 bits per heavy atom. The number of hydrogen-bond acceptors (Lipinski definition) is 4. The van der Waals surface area contributed by atoms with Crippen LogP contribution in [0, 0.1) is 6.92 Å². The highest BCUT2D eigenvalue weighted by Crippen LogP contribution is 2.37. The lowest BCUT2D eigenvalue weighted by molar-refractivity contribution is -0.134. The molecule has 2 aliphatic rings. The second-order valence-corrected chi connectivity index (χ2v) is 9.48. The highest BCUT2D eigenvalue weighted by molar-refractivity contribution is 6.10. The number of amides is 1. The summed E-state index contributed by atoms with van der Waals surface area (Å²) in [7, 11) is 0. The monoisotopic (exact) mass is 420 g/mol. The number of nitrogens with one attached hydrogen (secondary N) is 2. The molecule has 0 bridgehead atoms. The van der Waals surface area contributed by atoms with Gasteiger partial charge in [0.2, 0.25) is 0 Å². The van der Waals surface area contributed by atoms with Crippen LogP contribution in [0.15, 0.2) is 53.5 Å². The summed E-state index contributed by atoms with van der Waals surface area (Å²) < 4.78 is 5.83. The third kappa shape index (κ3) is 4.68. The molecule has 164 valence electrons. The van der Waals surface area contributed by atoms with Gasteiger partial charge in [0, 0.05) is 6.54 Å². The molecule has 0 radical (unpaired) electrons. The van der Waals surface area contributed by atoms with E-state index in [1.165, 1.54) is 0 Å². The number of likely N-dealkylation sites (tertiary alicyclic amines) is 1. The molecule has 1 spiro atoms. The molecule has 2 aliphatic heterocycles. The number of fused-ring (bicyclic) bond motifs is 1. The number of para-hydroxylation sites is 3. The Balaban J connectivity index is 1.56. The third-order valence-corrected chi connectivity index (χ3v) is 5.74. The average molecular weight is 421 g/mol. The van der Waals surface area contributed by atoms with Crippen LogP contribution in [0.4, 0.5) is 11.4 Å². The molecule has 6 heteroatoms. The molecule has 1 atom stereocenters. The van der Waals surface area contributed by atoms with Crippen LogP contribution >= 0.6 is 0 Å². The van der Waals surface area contributed by atoms with Gasteiger partial charge in [-0.3, -0.25) is 9.79 Å². The van der Waals surface area contributed by atoms with E-state index in [1.54, 1.807) is 0 Å². The second-order valence-electron chi connectivity index (χ2n) is 9.48. The molecule has 2 heterocycles. The fourth-order valence-corrected chi connectivity index (χ4v) is 4.25. The van der Waals surface area contributed by atoms with Crippen molar-refractivity contribution in [1.29, 1.82) is 0 Å². The van der Waals surface area contributed by atoms with Crippen LogP contribution in [0.3, 0.4) is 0 Å². The van der Waals surface area contributed by atoms with E-state index < -0.39 is 5.54 Å². The molecule has 31 heavy (non-hydrogen) atoms. The number of aryl methyl sites for hydroxylation is 1. The lowest BCUT2D eigenvalue weighted by Crippen LogP contribution is -2.63. The van der Waals surface area contributed by atoms with Crippen molar-refractivity contribution in [2.24, 2.45) is 4.99 Å². The van der Waals surface area contributed by atoms with E-state index in [0.717, 1.165) is 47.9 Å². The van der Waals surface area contributed by atoms with Crippen LogP contribution in [-0.4, -0.2) is 47.4 Å². The minimum absolute atomic E-state index is 0.00176. The van der Waals surface area contributed by atoms with Crippen molar-refractivity contribution < 1.29 is 9.53 Å². The highest BCUT2D eigenvalue weighted by atomic mass is 16.5. The standard InChI is InChI=1S/C25H32N4O2/c1-18-10-5-8-13-21(18)31-16-22(30)29-15-9-14-25(17-29)23(28-24(2,3)4)26-19-11-6-7-12-20(19)27-25/h5-8,10-13,27H,9,14-17H2,1-4H3,(H,26,28). The first kappa shape index (κ1) is 21.2. The quantitative estimate of drug-likeness (QED) is 0.769. The summed E-state index contributed by atoms with van der Waals surface area (Å²) in [6.07, 6.45) is 1.81. The van der Waals surface area contributed by atoms with Crippen molar-refractivity contribution in [3.63, 3.8) is 0 Å². The SMILES string of the molecule is Cc1ccccc1OCC(=O)N1CCCC2(C1)Nc1ccccc1NC2=NC(C)(C)C.